The summed E-state index contributed by atoms with van der Waals surface area (Å²) < 4.78 is 5.54. The van der Waals surface area contributed by atoms with Gasteiger partial charge in [0.2, 0.25) is 0 Å². The van der Waals surface area contributed by atoms with Crippen molar-refractivity contribution in [2.24, 2.45) is 5.92 Å². The predicted molar refractivity (Wildman–Crippen MR) is 66.7 cm³/mol. The maximum Gasteiger partial charge on any atom is 0.0926 e. The summed E-state index contributed by atoms with van der Waals surface area (Å²) in [6, 6.07) is 0. The second-order valence-electron chi connectivity index (χ2n) is 4.28. The van der Waals surface area contributed by atoms with Gasteiger partial charge in [0.15, 0.2) is 0 Å². The van der Waals surface area contributed by atoms with Crippen molar-refractivity contribution in [1.29, 1.82) is 0 Å². The van der Waals surface area contributed by atoms with Crippen LogP contribution in [0.15, 0.2) is 5.38 Å². The molecule has 1 saturated carbocycles. The zero-order valence-corrected chi connectivity index (χ0v) is 10.7. The number of rotatable bonds is 8. The van der Waals surface area contributed by atoms with Gasteiger partial charge in [-0.1, -0.05) is 6.92 Å². The molecule has 0 aliphatic heterocycles. The number of ether oxygens (including phenoxy) is 1. The van der Waals surface area contributed by atoms with E-state index in [9.17, 15) is 0 Å². The molecule has 0 saturated heterocycles. The smallest absolute Gasteiger partial charge is 0.0926 e. The molecular formula is C12H20N2OS. The molecule has 1 aliphatic carbocycles. The molecule has 1 N–H and O–H groups in total. The Morgan fingerprint density at radius 2 is 2.44 bits per heavy atom. The minimum absolute atomic E-state index is 0.821. The number of aromatic nitrogens is 1. The highest BCUT2D eigenvalue weighted by Crippen LogP contribution is 2.28. The quantitative estimate of drug-likeness (QED) is 0.708. The van der Waals surface area contributed by atoms with Crippen LogP contribution in [-0.4, -0.2) is 24.7 Å². The molecule has 2 rings (SSSR count). The normalized spacial score (nSPS) is 15.6. The van der Waals surface area contributed by atoms with Gasteiger partial charge in [-0.15, -0.1) is 11.3 Å². The molecule has 0 radical (unpaired) electrons. The molecule has 4 heteroatoms. The van der Waals surface area contributed by atoms with Gasteiger partial charge >= 0.3 is 0 Å². The fourth-order valence-electron chi connectivity index (χ4n) is 1.49. The van der Waals surface area contributed by atoms with Gasteiger partial charge < -0.3 is 10.1 Å². The second kappa shape index (κ2) is 6.33. The molecule has 0 amide bonds. The Hall–Kier alpha value is -0.450. The Balaban J connectivity index is 1.49. The van der Waals surface area contributed by atoms with E-state index in [1.807, 2.05) is 0 Å². The number of aryl methyl sites for hydroxylation is 1. The van der Waals surface area contributed by atoms with Gasteiger partial charge in [0.25, 0.3) is 0 Å². The number of nitrogens with zero attached hydrogens (tertiary/aromatic N) is 1. The monoisotopic (exact) mass is 240 g/mol. The van der Waals surface area contributed by atoms with Crippen molar-refractivity contribution >= 4 is 11.3 Å². The summed E-state index contributed by atoms with van der Waals surface area (Å²) in [6.07, 6.45) is 3.77. The number of thiazole rings is 1. The van der Waals surface area contributed by atoms with Gasteiger partial charge in [-0.05, 0) is 25.2 Å². The van der Waals surface area contributed by atoms with Gasteiger partial charge in [-0.3, -0.25) is 0 Å². The van der Waals surface area contributed by atoms with Crippen molar-refractivity contribution in [3.8, 4) is 0 Å². The van der Waals surface area contributed by atoms with Crippen LogP contribution in [0.5, 0.6) is 0 Å². The minimum atomic E-state index is 0.821. The molecule has 90 valence electrons. The van der Waals surface area contributed by atoms with Gasteiger partial charge in [0, 0.05) is 25.1 Å². The van der Waals surface area contributed by atoms with E-state index in [-0.39, 0.29) is 0 Å². The van der Waals surface area contributed by atoms with Crippen LogP contribution in [0, 0.1) is 5.92 Å². The Labute approximate surface area is 101 Å². The molecule has 0 unspecified atom stereocenters. The van der Waals surface area contributed by atoms with Crippen LogP contribution in [0.25, 0.3) is 0 Å². The van der Waals surface area contributed by atoms with Crippen molar-refractivity contribution in [2.75, 3.05) is 19.8 Å². The fourth-order valence-corrected chi connectivity index (χ4v) is 2.23. The average molecular weight is 240 g/mol. The number of hydrogen-bond acceptors (Lipinski definition) is 4. The standard InChI is InChI=1S/C12H20N2OS/c1-2-12-14-11(9-16-12)7-13-5-6-15-8-10-3-4-10/h9-10,13H,2-8H2,1H3. The molecule has 1 fully saturated rings. The summed E-state index contributed by atoms with van der Waals surface area (Å²) in [6.45, 7) is 5.70. The lowest BCUT2D eigenvalue weighted by Gasteiger charge is -2.03. The Kier molecular flexibility index (Phi) is 4.75. The number of hydrogen-bond donors (Lipinski definition) is 1. The van der Waals surface area contributed by atoms with E-state index >= 15 is 0 Å². The van der Waals surface area contributed by atoms with Crippen LogP contribution < -0.4 is 5.32 Å². The van der Waals surface area contributed by atoms with Crippen LogP contribution in [0.1, 0.15) is 30.5 Å². The predicted octanol–water partition coefficient (Wildman–Crippen LogP) is 2.22. The number of nitrogens with one attached hydrogen (secondary N) is 1. The summed E-state index contributed by atoms with van der Waals surface area (Å²) in [7, 11) is 0. The Bertz CT molecular complexity index is 310. The average Bonchev–Trinajstić information content (AvgIpc) is 3.01. The topological polar surface area (TPSA) is 34.2 Å². The molecule has 1 heterocycles. The summed E-state index contributed by atoms with van der Waals surface area (Å²) in [5.41, 5.74) is 1.16. The van der Waals surface area contributed by atoms with Crippen LogP contribution in [0.2, 0.25) is 0 Å². The third-order valence-electron chi connectivity index (χ3n) is 2.68. The highest BCUT2D eigenvalue weighted by atomic mass is 32.1. The third-order valence-corrected chi connectivity index (χ3v) is 3.72. The van der Waals surface area contributed by atoms with Gasteiger partial charge in [-0.2, -0.15) is 0 Å². The lowest BCUT2D eigenvalue weighted by atomic mass is 10.4. The van der Waals surface area contributed by atoms with E-state index in [4.69, 9.17) is 4.74 Å². The van der Waals surface area contributed by atoms with Crippen molar-refractivity contribution in [3.63, 3.8) is 0 Å². The molecule has 0 bridgehead atoms. The summed E-state index contributed by atoms with van der Waals surface area (Å²) in [5, 5.41) is 6.71. The van der Waals surface area contributed by atoms with Crippen LogP contribution in [0.3, 0.4) is 0 Å². The van der Waals surface area contributed by atoms with E-state index in [0.717, 1.165) is 44.3 Å². The van der Waals surface area contributed by atoms with E-state index in [1.54, 1.807) is 11.3 Å². The summed E-state index contributed by atoms with van der Waals surface area (Å²) in [5.74, 6) is 0.866. The van der Waals surface area contributed by atoms with Crippen molar-refractivity contribution in [1.82, 2.24) is 10.3 Å². The van der Waals surface area contributed by atoms with Crippen molar-refractivity contribution in [3.05, 3.63) is 16.1 Å². The van der Waals surface area contributed by atoms with Crippen LogP contribution >= 0.6 is 11.3 Å². The van der Waals surface area contributed by atoms with Crippen molar-refractivity contribution in [2.45, 2.75) is 32.7 Å². The van der Waals surface area contributed by atoms with Gasteiger partial charge in [-0.25, -0.2) is 4.98 Å². The van der Waals surface area contributed by atoms with Crippen LogP contribution in [0.4, 0.5) is 0 Å². The molecule has 16 heavy (non-hydrogen) atoms. The lowest BCUT2D eigenvalue weighted by molar-refractivity contribution is 0.126. The Morgan fingerprint density at radius 1 is 1.56 bits per heavy atom. The SMILES string of the molecule is CCc1nc(CNCCOCC2CC2)cs1. The fraction of sp³-hybridized carbons (Fsp3) is 0.750. The first-order valence-electron chi connectivity index (χ1n) is 6.10. The van der Waals surface area contributed by atoms with Gasteiger partial charge in [0.1, 0.15) is 0 Å². The van der Waals surface area contributed by atoms with Crippen molar-refractivity contribution < 1.29 is 4.74 Å². The third kappa shape index (κ3) is 4.20. The lowest BCUT2D eigenvalue weighted by Crippen LogP contribution is -2.19. The molecule has 1 aromatic rings. The molecule has 0 aromatic carbocycles. The van der Waals surface area contributed by atoms with E-state index < -0.39 is 0 Å². The van der Waals surface area contributed by atoms with E-state index in [1.165, 1.54) is 17.8 Å². The van der Waals surface area contributed by atoms with Gasteiger partial charge in [0.05, 0.1) is 17.3 Å². The largest absolute Gasteiger partial charge is 0.380 e. The molecular weight excluding hydrogens is 220 g/mol. The zero-order chi connectivity index (χ0) is 11.2. The molecule has 0 atom stereocenters. The maximum absolute atomic E-state index is 5.54. The Morgan fingerprint density at radius 3 is 3.12 bits per heavy atom. The van der Waals surface area contributed by atoms with Crippen LogP contribution in [-0.2, 0) is 17.7 Å². The minimum Gasteiger partial charge on any atom is -0.380 e. The zero-order valence-electron chi connectivity index (χ0n) is 9.87. The first kappa shape index (κ1) is 12.0. The first-order valence-corrected chi connectivity index (χ1v) is 6.98. The maximum atomic E-state index is 5.54. The highest BCUT2D eigenvalue weighted by Gasteiger charge is 2.20. The van der Waals surface area contributed by atoms with E-state index in [0.29, 0.717) is 0 Å². The first-order chi connectivity index (χ1) is 7.88. The summed E-state index contributed by atoms with van der Waals surface area (Å²) >= 11 is 1.75. The summed E-state index contributed by atoms with van der Waals surface area (Å²) in [4.78, 5) is 4.50. The molecule has 1 aliphatic rings. The second-order valence-corrected chi connectivity index (χ2v) is 5.22. The molecule has 0 spiro atoms. The highest BCUT2D eigenvalue weighted by molar-refractivity contribution is 7.09. The molecule has 1 aromatic heterocycles. The van der Waals surface area contributed by atoms with E-state index in [2.05, 4.69) is 22.6 Å². The molecule has 3 nitrogen and oxygen atoms in total.